The van der Waals surface area contributed by atoms with E-state index in [0.29, 0.717) is 5.56 Å². The first-order valence-corrected chi connectivity index (χ1v) is 15.2. The summed E-state index contributed by atoms with van der Waals surface area (Å²) >= 11 is 0. The summed E-state index contributed by atoms with van der Waals surface area (Å²) < 4.78 is 45.3. The molecule has 48 heavy (non-hydrogen) atoms. The molecule has 5 rings (SSSR count). The van der Waals surface area contributed by atoms with Crippen molar-refractivity contribution in [1.29, 1.82) is 0 Å². The Labute approximate surface area is 276 Å². The minimum absolute atomic E-state index is 0.000847. The van der Waals surface area contributed by atoms with Crippen LogP contribution < -0.4 is 10.6 Å². The number of carbonyl (C=O) groups is 4. The lowest BCUT2D eigenvalue weighted by Crippen LogP contribution is -2.64. The minimum Gasteiger partial charge on any atom is -0.454 e. The molecular weight excluding hydrogens is 628 g/mol. The third-order valence-electron chi connectivity index (χ3n) is 7.30. The summed E-state index contributed by atoms with van der Waals surface area (Å²) in [6.07, 6.45) is -8.10. The molecule has 0 aliphatic carbocycles. The fourth-order valence-corrected chi connectivity index (χ4v) is 5.00. The Bertz CT molecular complexity index is 1490. The van der Waals surface area contributed by atoms with Gasteiger partial charge in [-0.1, -0.05) is 91.0 Å². The van der Waals surface area contributed by atoms with Gasteiger partial charge >= 0.3 is 24.1 Å². The molecule has 254 valence electrons. The second-order valence-corrected chi connectivity index (χ2v) is 10.7. The number of amides is 2. The number of methoxy groups -OCH3 is 1. The molecule has 0 saturated carbocycles. The maximum Gasteiger partial charge on any atom is 0.407 e. The van der Waals surface area contributed by atoms with Crippen LogP contribution in [-0.4, -0.2) is 81.6 Å². The third kappa shape index (κ3) is 9.75. The van der Waals surface area contributed by atoms with Gasteiger partial charge in [0.2, 0.25) is 0 Å². The first-order valence-electron chi connectivity index (χ1n) is 15.2. The number of rotatable bonds is 12. The van der Waals surface area contributed by atoms with Gasteiger partial charge in [-0.3, -0.25) is 9.59 Å². The zero-order valence-electron chi connectivity index (χ0n) is 26.1. The van der Waals surface area contributed by atoms with Crippen molar-refractivity contribution in [1.82, 2.24) is 10.6 Å². The minimum atomic E-state index is -1.34. The lowest BCUT2D eigenvalue weighted by atomic mass is 9.97. The van der Waals surface area contributed by atoms with Gasteiger partial charge < -0.3 is 48.5 Å². The fourth-order valence-electron chi connectivity index (χ4n) is 5.00. The zero-order chi connectivity index (χ0) is 33.7. The van der Waals surface area contributed by atoms with Crippen LogP contribution in [0.1, 0.15) is 23.0 Å². The van der Waals surface area contributed by atoms with Crippen LogP contribution >= 0.6 is 0 Å². The van der Waals surface area contributed by atoms with Crippen LogP contribution in [0.15, 0.2) is 91.0 Å². The molecule has 3 aromatic rings. The Morgan fingerprint density at radius 2 is 1.19 bits per heavy atom. The van der Waals surface area contributed by atoms with E-state index >= 15 is 0 Å². The fraction of sp³-hybridized carbons (Fsp3) is 0.353. The van der Waals surface area contributed by atoms with Crippen molar-refractivity contribution in [3.8, 4) is 0 Å². The van der Waals surface area contributed by atoms with Crippen molar-refractivity contribution in [2.45, 2.75) is 50.2 Å². The van der Waals surface area contributed by atoms with E-state index in [9.17, 15) is 19.2 Å². The van der Waals surface area contributed by atoms with Crippen LogP contribution in [0.5, 0.6) is 0 Å². The highest BCUT2D eigenvalue weighted by atomic mass is 16.8. The largest absolute Gasteiger partial charge is 0.454 e. The predicted octanol–water partition coefficient (Wildman–Crippen LogP) is 3.15. The van der Waals surface area contributed by atoms with E-state index in [1.54, 1.807) is 60.7 Å². The Morgan fingerprint density at radius 1 is 0.688 bits per heavy atom. The van der Waals surface area contributed by atoms with E-state index in [0.717, 1.165) is 11.1 Å². The molecule has 2 saturated heterocycles. The highest BCUT2D eigenvalue weighted by Gasteiger charge is 2.54. The number of alkyl carbamates (subject to hydrolysis) is 2. The van der Waals surface area contributed by atoms with Crippen molar-refractivity contribution >= 4 is 24.1 Å². The maximum absolute atomic E-state index is 13.1. The summed E-state index contributed by atoms with van der Waals surface area (Å²) in [5.41, 5.74) is 2.23. The van der Waals surface area contributed by atoms with Gasteiger partial charge in [0, 0.05) is 12.7 Å². The number of esters is 2. The van der Waals surface area contributed by atoms with E-state index in [2.05, 4.69) is 10.6 Å². The molecule has 2 N–H and O–H groups in total. The Hall–Kier alpha value is -5.02. The van der Waals surface area contributed by atoms with Gasteiger partial charge in [-0.2, -0.15) is 0 Å². The number of benzene rings is 3. The molecule has 0 bridgehead atoms. The Balaban J connectivity index is 1.23. The van der Waals surface area contributed by atoms with E-state index < -0.39 is 74.2 Å². The molecule has 0 unspecified atom stereocenters. The van der Waals surface area contributed by atoms with Gasteiger partial charge in [0.05, 0.1) is 6.61 Å². The average Bonchev–Trinajstić information content (AvgIpc) is 3.13. The quantitative estimate of drug-likeness (QED) is 0.215. The molecule has 0 aromatic heterocycles. The van der Waals surface area contributed by atoms with E-state index in [-0.39, 0.29) is 19.8 Å². The van der Waals surface area contributed by atoms with Crippen molar-refractivity contribution in [2.24, 2.45) is 0 Å². The topological polar surface area (TPSA) is 166 Å². The molecule has 2 heterocycles. The number of nitrogens with one attached hydrogen (secondary N) is 2. The summed E-state index contributed by atoms with van der Waals surface area (Å²) in [6.45, 7) is -1.09. The smallest absolute Gasteiger partial charge is 0.407 e. The summed E-state index contributed by atoms with van der Waals surface area (Å²) in [5.74, 6) is -1.77. The van der Waals surface area contributed by atoms with Crippen LogP contribution in [0.3, 0.4) is 0 Å². The van der Waals surface area contributed by atoms with Gasteiger partial charge in [0.1, 0.15) is 38.5 Å². The first kappa shape index (κ1) is 34.3. The average molecular weight is 665 g/mol. The van der Waals surface area contributed by atoms with Crippen LogP contribution in [0, 0.1) is 0 Å². The molecular formula is C34H36N2O12. The predicted molar refractivity (Wildman–Crippen MR) is 165 cm³/mol. The van der Waals surface area contributed by atoms with Crippen LogP contribution in [0.4, 0.5) is 9.59 Å². The second kappa shape index (κ2) is 17.2. The van der Waals surface area contributed by atoms with Crippen molar-refractivity contribution in [2.75, 3.05) is 26.8 Å². The SMILES string of the molecule is CO[C@@H]1O[C@H]2CO[C@H](c3ccccc3)O[C@@H]2[C@H](OC(=O)CNC(=O)OCc2ccccc2)[C@@H]1OC(=O)CNC(=O)OCc1ccccc1. The Morgan fingerprint density at radius 3 is 1.71 bits per heavy atom. The van der Waals surface area contributed by atoms with Gasteiger partial charge in [0.15, 0.2) is 24.8 Å². The Kier molecular flexibility index (Phi) is 12.3. The molecule has 6 atom stereocenters. The molecule has 2 aliphatic rings. The molecule has 2 fully saturated rings. The summed E-state index contributed by atoms with van der Waals surface area (Å²) in [4.78, 5) is 50.5. The van der Waals surface area contributed by atoms with E-state index in [4.69, 9.17) is 37.9 Å². The number of fused-ring (bicyclic) bond motifs is 1. The van der Waals surface area contributed by atoms with Gasteiger partial charge in [-0.15, -0.1) is 0 Å². The van der Waals surface area contributed by atoms with E-state index in [1.807, 2.05) is 30.3 Å². The van der Waals surface area contributed by atoms with Crippen molar-refractivity contribution in [3.05, 3.63) is 108 Å². The number of carbonyl (C=O) groups excluding carboxylic acids is 4. The highest BCUT2D eigenvalue weighted by Crippen LogP contribution is 2.36. The summed E-state index contributed by atoms with van der Waals surface area (Å²) in [5, 5.41) is 4.69. The molecule has 2 aliphatic heterocycles. The van der Waals surface area contributed by atoms with Gasteiger partial charge in [0.25, 0.3) is 0 Å². The first-order chi connectivity index (χ1) is 23.4. The summed E-state index contributed by atoms with van der Waals surface area (Å²) in [6, 6.07) is 27.1. The number of hydrogen-bond acceptors (Lipinski definition) is 12. The van der Waals surface area contributed by atoms with Crippen molar-refractivity contribution < 1.29 is 57.1 Å². The summed E-state index contributed by atoms with van der Waals surface area (Å²) in [7, 11) is 1.32. The molecule has 14 heteroatoms. The van der Waals surface area contributed by atoms with Crippen LogP contribution in [0.25, 0.3) is 0 Å². The van der Waals surface area contributed by atoms with Crippen LogP contribution in [-0.2, 0) is 60.7 Å². The normalized spacial score (nSPS) is 23.1. The number of ether oxygens (including phenoxy) is 8. The lowest BCUT2D eigenvalue weighted by molar-refractivity contribution is -0.359. The molecule has 2 amide bonds. The highest BCUT2D eigenvalue weighted by molar-refractivity contribution is 5.79. The molecule has 0 radical (unpaired) electrons. The molecule has 0 spiro atoms. The lowest BCUT2D eigenvalue weighted by Gasteiger charge is -2.47. The molecule has 3 aromatic carbocycles. The second-order valence-electron chi connectivity index (χ2n) is 10.7. The monoisotopic (exact) mass is 664 g/mol. The third-order valence-corrected chi connectivity index (χ3v) is 7.30. The van der Waals surface area contributed by atoms with Crippen LogP contribution in [0.2, 0.25) is 0 Å². The standard InChI is InChI=1S/C34H36N2O12/c1-41-32-30(47-27(38)18-36-34(40)44-20-23-13-7-3-8-14-23)29(28-25(45-32)21-42-31(48-28)24-15-9-4-10-16-24)46-26(37)17-35-33(39)43-19-22-11-5-2-6-12-22/h2-16,25,28-32H,17-21H2,1H3,(H,35,39)(H,36,40)/t25-,28-,29-,30-,31-,32+/m0/s1. The van der Waals surface area contributed by atoms with Gasteiger partial charge in [-0.05, 0) is 11.1 Å². The maximum atomic E-state index is 13.1. The van der Waals surface area contributed by atoms with Crippen molar-refractivity contribution in [3.63, 3.8) is 0 Å². The molecule has 14 nitrogen and oxygen atoms in total. The number of hydrogen-bond donors (Lipinski definition) is 2. The zero-order valence-corrected chi connectivity index (χ0v) is 26.1. The van der Waals surface area contributed by atoms with Gasteiger partial charge in [-0.25, -0.2) is 9.59 Å². The van der Waals surface area contributed by atoms with E-state index in [1.165, 1.54) is 7.11 Å².